The molecule has 7 nitrogen and oxygen atoms in total. The molecule has 0 radical (unpaired) electrons. The number of carbonyl (C=O) groups is 2. The van der Waals surface area contributed by atoms with E-state index in [1.807, 2.05) is 0 Å². The highest BCUT2D eigenvalue weighted by Gasteiger charge is 2.57. The number of esters is 2. The lowest BCUT2D eigenvalue weighted by molar-refractivity contribution is -0.139. The zero-order valence-corrected chi connectivity index (χ0v) is 24.8. The van der Waals surface area contributed by atoms with Crippen LogP contribution < -0.4 is 0 Å². The first-order valence-corrected chi connectivity index (χ1v) is 17.4. The minimum atomic E-state index is -2.67. The van der Waals surface area contributed by atoms with Crippen molar-refractivity contribution in [1.29, 1.82) is 0 Å². The molecule has 4 fully saturated rings. The van der Waals surface area contributed by atoms with Crippen molar-refractivity contribution in [2.75, 3.05) is 14.2 Å². The van der Waals surface area contributed by atoms with E-state index in [4.69, 9.17) is 14.2 Å². The van der Waals surface area contributed by atoms with Crippen LogP contribution in [0.3, 0.4) is 0 Å². The van der Waals surface area contributed by atoms with E-state index in [2.05, 4.69) is 9.34 Å². The number of ether oxygens (including phenoxy) is 2. The third kappa shape index (κ3) is 5.41. The molecule has 0 bridgehead atoms. The fourth-order valence-electron chi connectivity index (χ4n) is 8.23. The Kier molecular flexibility index (Phi) is 9.70. The Hall–Kier alpha value is -1.17. The highest BCUT2D eigenvalue weighted by molar-refractivity contribution is 7.68. The second kappa shape index (κ2) is 13.0. The Labute approximate surface area is 230 Å². The van der Waals surface area contributed by atoms with E-state index in [9.17, 15) is 9.59 Å². The lowest BCUT2D eigenvalue weighted by Crippen LogP contribution is -2.54. The van der Waals surface area contributed by atoms with Gasteiger partial charge in [0.15, 0.2) is 5.70 Å². The molecule has 38 heavy (non-hydrogen) atoms. The Balaban J connectivity index is 1.70. The van der Waals surface area contributed by atoms with Gasteiger partial charge in [0.25, 0.3) is 0 Å². The third-order valence-electron chi connectivity index (χ3n) is 9.96. The smallest absolute Gasteiger partial charge is 0.357 e. The van der Waals surface area contributed by atoms with Gasteiger partial charge in [-0.1, -0.05) is 77.0 Å². The van der Waals surface area contributed by atoms with Crippen molar-refractivity contribution >= 4 is 19.3 Å². The number of methoxy groups -OCH3 is 2. The maximum atomic E-state index is 13.8. The third-order valence-corrected chi connectivity index (χ3v) is 14.0. The number of carbonyl (C=O) groups excluding carboxylic acids is 2. The van der Waals surface area contributed by atoms with Crippen LogP contribution in [0.1, 0.15) is 128 Å². The van der Waals surface area contributed by atoms with Crippen LogP contribution in [-0.2, 0) is 19.1 Å². The molecule has 5 rings (SSSR count). The molecule has 1 heterocycles. The zero-order valence-electron chi connectivity index (χ0n) is 23.9. The molecule has 0 aromatic heterocycles. The van der Waals surface area contributed by atoms with Crippen LogP contribution in [0.25, 0.3) is 0 Å². The molecular weight excluding hydrogens is 497 g/mol. The van der Waals surface area contributed by atoms with Crippen molar-refractivity contribution in [1.82, 2.24) is 9.34 Å². The molecule has 0 N–H and O–H groups in total. The SMILES string of the molecule is COC(=O)C1=C(C(=O)OC)P(N(C2CCCCC2)C2CCCCC2)(N(C2CCCCC2)C2CCCCC2)=N1. The Bertz CT molecular complexity index is 846. The number of hydrogen-bond donors (Lipinski definition) is 0. The summed E-state index contributed by atoms with van der Waals surface area (Å²) in [5.74, 6) is -0.845. The van der Waals surface area contributed by atoms with Gasteiger partial charge in [-0.15, -0.1) is 0 Å². The summed E-state index contributed by atoms with van der Waals surface area (Å²) in [7, 11) is 0.194. The van der Waals surface area contributed by atoms with Crippen LogP contribution >= 0.6 is 7.36 Å². The van der Waals surface area contributed by atoms with E-state index >= 15 is 0 Å². The molecule has 5 aliphatic rings. The quantitative estimate of drug-likeness (QED) is 0.231. The lowest BCUT2D eigenvalue weighted by Gasteiger charge is -2.59. The summed E-state index contributed by atoms with van der Waals surface area (Å²) in [5, 5.41) is 0.569. The molecule has 4 saturated carbocycles. The summed E-state index contributed by atoms with van der Waals surface area (Å²) in [6, 6.07) is 1.66. The van der Waals surface area contributed by atoms with E-state index in [-0.39, 0.29) is 11.7 Å². The summed E-state index contributed by atoms with van der Waals surface area (Å²) in [6.07, 6.45) is 24.4. The summed E-state index contributed by atoms with van der Waals surface area (Å²) >= 11 is 0. The average Bonchev–Trinajstić information content (AvgIpc) is 2.97. The first kappa shape index (κ1) is 28.4. The maximum Gasteiger partial charge on any atom is 0.357 e. The molecular formula is C30H50N3O4P. The average molecular weight is 548 g/mol. The summed E-state index contributed by atoms with van der Waals surface area (Å²) in [4.78, 5) is 26.9. The van der Waals surface area contributed by atoms with E-state index in [1.54, 1.807) is 0 Å². The van der Waals surface area contributed by atoms with Crippen LogP contribution in [0.5, 0.6) is 0 Å². The predicted molar refractivity (Wildman–Crippen MR) is 152 cm³/mol. The monoisotopic (exact) mass is 547 g/mol. The maximum absolute atomic E-state index is 13.8. The molecule has 1 aliphatic heterocycles. The molecule has 0 spiro atoms. The van der Waals surface area contributed by atoms with E-state index in [0.29, 0.717) is 29.5 Å². The Morgan fingerprint density at radius 3 is 1.18 bits per heavy atom. The van der Waals surface area contributed by atoms with Gasteiger partial charge in [0, 0.05) is 24.2 Å². The van der Waals surface area contributed by atoms with Gasteiger partial charge in [-0.3, -0.25) is 0 Å². The lowest BCUT2D eigenvalue weighted by atomic mass is 9.90. The van der Waals surface area contributed by atoms with Crippen molar-refractivity contribution in [3.63, 3.8) is 0 Å². The second-order valence-electron chi connectivity index (χ2n) is 12.3. The highest BCUT2D eigenvalue weighted by atomic mass is 31.2. The molecule has 0 aromatic rings. The van der Waals surface area contributed by atoms with E-state index < -0.39 is 13.3 Å². The number of hydrogen-bond acceptors (Lipinski definition) is 7. The van der Waals surface area contributed by atoms with Gasteiger partial charge in [-0.05, 0) is 51.4 Å². The Morgan fingerprint density at radius 2 is 0.895 bits per heavy atom. The van der Waals surface area contributed by atoms with Crippen molar-refractivity contribution in [3.8, 4) is 0 Å². The van der Waals surface area contributed by atoms with Gasteiger partial charge in [0.2, 0.25) is 0 Å². The number of rotatable bonds is 8. The molecule has 0 atom stereocenters. The molecule has 0 amide bonds. The van der Waals surface area contributed by atoms with Crippen LogP contribution in [0.2, 0.25) is 0 Å². The normalized spacial score (nSPS) is 26.2. The molecule has 0 aromatic carbocycles. The molecule has 0 saturated heterocycles. The van der Waals surface area contributed by atoms with Crippen molar-refractivity contribution in [2.45, 2.75) is 153 Å². The Morgan fingerprint density at radius 1 is 0.579 bits per heavy atom. The van der Waals surface area contributed by atoms with Gasteiger partial charge in [0.05, 0.1) is 14.2 Å². The highest BCUT2D eigenvalue weighted by Crippen LogP contribution is 2.75. The van der Waals surface area contributed by atoms with Crippen molar-refractivity contribution in [3.05, 3.63) is 11.0 Å². The van der Waals surface area contributed by atoms with Crippen LogP contribution in [0, 0.1) is 0 Å². The van der Waals surface area contributed by atoms with Gasteiger partial charge in [0.1, 0.15) is 12.7 Å². The fourth-order valence-corrected chi connectivity index (χ4v) is 13.1. The van der Waals surface area contributed by atoms with Crippen LogP contribution in [0.4, 0.5) is 0 Å². The first-order chi connectivity index (χ1) is 18.6. The summed E-state index contributed by atoms with van der Waals surface area (Å²) in [5.41, 5.74) is 0.237. The van der Waals surface area contributed by atoms with Crippen LogP contribution in [-0.4, -0.2) is 59.7 Å². The topological polar surface area (TPSA) is 71.4 Å². The zero-order chi connectivity index (χ0) is 26.5. The van der Waals surface area contributed by atoms with Gasteiger partial charge in [-0.25, -0.2) is 23.7 Å². The standard InChI is InChI=1S/C30H50N3O4P/c1-36-29(34)27-28(30(35)37-2)38(31-27,32(23-15-7-3-8-16-23)24-17-9-4-10-18-24)33(25-19-11-5-12-20-25)26-21-13-6-14-22-26/h23-26H,3-22H2,1-2H3. The molecule has 8 heteroatoms. The van der Waals surface area contributed by atoms with Gasteiger partial charge in [-0.2, -0.15) is 0 Å². The van der Waals surface area contributed by atoms with Gasteiger partial charge >= 0.3 is 11.9 Å². The predicted octanol–water partition coefficient (Wildman–Crippen LogP) is 7.52. The molecule has 4 aliphatic carbocycles. The first-order valence-electron chi connectivity index (χ1n) is 15.7. The van der Waals surface area contributed by atoms with E-state index in [1.165, 1.54) is 143 Å². The minimum absolute atomic E-state index is 0.237. The summed E-state index contributed by atoms with van der Waals surface area (Å²) < 4.78 is 21.7. The molecule has 0 unspecified atom stereocenters. The minimum Gasteiger partial charge on any atom is -0.465 e. The van der Waals surface area contributed by atoms with E-state index in [0.717, 1.165) is 0 Å². The van der Waals surface area contributed by atoms with Crippen molar-refractivity contribution in [2.24, 2.45) is 4.74 Å². The summed E-state index contributed by atoms with van der Waals surface area (Å²) in [6.45, 7) is 0. The van der Waals surface area contributed by atoms with Crippen molar-refractivity contribution < 1.29 is 19.1 Å². The second-order valence-corrected chi connectivity index (χ2v) is 15.0. The fraction of sp³-hybridized carbons (Fsp3) is 0.867. The molecule has 214 valence electrons. The largest absolute Gasteiger partial charge is 0.465 e. The van der Waals surface area contributed by atoms with Gasteiger partial charge < -0.3 is 9.47 Å². The van der Waals surface area contributed by atoms with Crippen LogP contribution in [0.15, 0.2) is 15.8 Å². The number of nitrogens with zero attached hydrogens (tertiary/aromatic N) is 3.